The van der Waals surface area contributed by atoms with Crippen LogP contribution in [0.25, 0.3) is 0 Å². The van der Waals surface area contributed by atoms with Crippen LogP contribution in [0.3, 0.4) is 0 Å². The van der Waals surface area contributed by atoms with Gasteiger partial charge >= 0.3 is 0 Å². The second-order valence-corrected chi connectivity index (χ2v) is 6.13. The Morgan fingerprint density at radius 1 is 1.06 bits per heavy atom. The van der Waals surface area contributed by atoms with E-state index in [9.17, 15) is 0 Å². The van der Waals surface area contributed by atoms with Crippen molar-refractivity contribution in [2.75, 3.05) is 0 Å². The highest BCUT2D eigenvalue weighted by Gasteiger charge is 2.11. The number of hydrogen-bond acceptors (Lipinski definition) is 2. The second kappa shape index (κ2) is 6.21. The van der Waals surface area contributed by atoms with Crippen LogP contribution in [0.1, 0.15) is 41.9 Å². The standard InChI is InChI=1S/C14H18S2/c1-2-5-12(14-7-4-11-16-14)8-9-13-6-3-10-15-13/h3-4,6-7,10-12H,2,5,8-9H2,1H3. The fraction of sp³-hybridized carbons (Fsp3) is 0.429. The Balaban J connectivity index is 1.93. The molecule has 0 spiro atoms. The summed E-state index contributed by atoms with van der Waals surface area (Å²) in [7, 11) is 0. The Morgan fingerprint density at radius 3 is 2.50 bits per heavy atom. The number of aryl methyl sites for hydroxylation is 1. The maximum absolute atomic E-state index is 2.29. The van der Waals surface area contributed by atoms with Crippen LogP contribution >= 0.6 is 22.7 Å². The van der Waals surface area contributed by atoms with Crippen LogP contribution < -0.4 is 0 Å². The van der Waals surface area contributed by atoms with E-state index in [0.29, 0.717) is 0 Å². The van der Waals surface area contributed by atoms with Gasteiger partial charge in [-0.15, -0.1) is 22.7 Å². The molecular weight excluding hydrogens is 232 g/mol. The average molecular weight is 250 g/mol. The molecule has 0 amide bonds. The molecule has 0 fully saturated rings. The highest BCUT2D eigenvalue weighted by Crippen LogP contribution is 2.30. The minimum absolute atomic E-state index is 0.770. The van der Waals surface area contributed by atoms with E-state index in [1.54, 1.807) is 4.88 Å². The maximum atomic E-state index is 2.29. The van der Waals surface area contributed by atoms with Crippen LogP contribution in [0.2, 0.25) is 0 Å². The van der Waals surface area contributed by atoms with E-state index in [0.717, 1.165) is 5.92 Å². The van der Waals surface area contributed by atoms with Gasteiger partial charge in [0.1, 0.15) is 0 Å². The first-order valence-electron chi connectivity index (χ1n) is 5.96. The van der Waals surface area contributed by atoms with Gasteiger partial charge in [-0.1, -0.05) is 25.5 Å². The van der Waals surface area contributed by atoms with Gasteiger partial charge in [0.15, 0.2) is 0 Å². The lowest BCUT2D eigenvalue weighted by molar-refractivity contribution is 0.579. The molecule has 0 radical (unpaired) electrons. The third-order valence-electron chi connectivity index (χ3n) is 2.90. The van der Waals surface area contributed by atoms with Crippen molar-refractivity contribution in [3.8, 4) is 0 Å². The summed E-state index contributed by atoms with van der Waals surface area (Å²) in [6.07, 6.45) is 5.15. The summed E-state index contributed by atoms with van der Waals surface area (Å²) in [4.78, 5) is 3.09. The molecule has 2 aromatic heterocycles. The zero-order chi connectivity index (χ0) is 11.2. The van der Waals surface area contributed by atoms with E-state index in [4.69, 9.17) is 0 Å². The number of rotatable bonds is 6. The van der Waals surface area contributed by atoms with Crippen LogP contribution in [0.15, 0.2) is 35.0 Å². The predicted octanol–water partition coefficient (Wildman–Crippen LogP) is 5.33. The molecule has 0 nitrogen and oxygen atoms in total. The van der Waals surface area contributed by atoms with Gasteiger partial charge in [-0.05, 0) is 48.1 Å². The van der Waals surface area contributed by atoms with Gasteiger partial charge < -0.3 is 0 Å². The molecule has 0 aliphatic carbocycles. The first-order chi connectivity index (χ1) is 7.90. The molecule has 86 valence electrons. The van der Waals surface area contributed by atoms with Gasteiger partial charge in [0, 0.05) is 9.75 Å². The number of hydrogen-bond donors (Lipinski definition) is 0. The summed E-state index contributed by atoms with van der Waals surface area (Å²) in [5.41, 5.74) is 0. The molecule has 2 rings (SSSR count). The molecule has 2 heteroatoms. The lowest BCUT2D eigenvalue weighted by atomic mass is 9.96. The van der Waals surface area contributed by atoms with Crippen LogP contribution in [-0.2, 0) is 6.42 Å². The molecule has 0 bridgehead atoms. The molecule has 0 aliphatic rings. The van der Waals surface area contributed by atoms with E-state index >= 15 is 0 Å². The minimum atomic E-state index is 0.770. The highest BCUT2D eigenvalue weighted by molar-refractivity contribution is 7.10. The van der Waals surface area contributed by atoms with Crippen LogP contribution in [0, 0.1) is 0 Å². The predicted molar refractivity (Wildman–Crippen MR) is 74.6 cm³/mol. The third kappa shape index (κ3) is 3.19. The van der Waals surface area contributed by atoms with E-state index in [-0.39, 0.29) is 0 Å². The van der Waals surface area contributed by atoms with Crippen molar-refractivity contribution < 1.29 is 0 Å². The SMILES string of the molecule is CCCC(CCc1cccs1)c1cccs1. The van der Waals surface area contributed by atoms with Crippen LogP contribution in [-0.4, -0.2) is 0 Å². The van der Waals surface area contributed by atoms with Crippen molar-refractivity contribution in [2.45, 2.75) is 38.5 Å². The van der Waals surface area contributed by atoms with Gasteiger partial charge in [0.05, 0.1) is 0 Å². The van der Waals surface area contributed by atoms with Gasteiger partial charge in [-0.2, -0.15) is 0 Å². The Bertz CT molecular complexity index is 373. The average Bonchev–Trinajstić information content (AvgIpc) is 2.96. The van der Waals surface area contributed by atoms with Gasteiger partial charge in [-0.3, -0.25) is 0 Å². The first kappa shape index (κ1) is 11.9. The molecule has 2 heterocycles. The van der Waals surface area contributed by atoms with E-state index in [1.165, 1.54) is 30.6 Å². The summed E-state index contributed by atoms with van der Waals surface area (Å²) in [6, 6.07) is 8.87. The van der Waals surface area contributed by atoms with Crippen molar-refractivity contribution in [3.05, 3.63) is 44.8 Å². The minimum Gasteiger partial charge on any atom is -0.149 e. The monoisotopic (exact) mass is 250 g/mol. The fourth-order valence-corrected chi connectivity index (χ4v) is 3.70. The van der Waals surface area contributed by atoms with Gasteiger partial charge in [0.25, 0.3) is 0 Å². The molecule has 0 saturated carbocycles. The molecule has 0 saturated heterocycles. The summed E-state index contributed by atoms with van der Waals surface area (Å²) in [6.45, 7) is 2.28. The summed E-state index contributed by atoms with van der Waals surface area (Å²) < 4.78 is 0. The largest absolute Gasteiger partial charge is 0.149 e. The molecule has 1 unspecified atom stereocenters. The molecule has 0 aromatic carbocycles. The summed E-state index contributed by atoms with van der Waals surface area (Å²) in [5.74, 6) is 0.770. The van der Waals surface area contributed by atoms with Crippen molar-refractivity contribution >= 4 is 22.7 Å². The topological polar surface area (TPSA) is 0 Å². The fourth-order valence-electron chi connectivity index (χ4n) is 2.07. The summed E-state index contributed by atoms with van der Waals surface area (Å²) in [5, 5.41) is 4.37. The highest BCUT2D eigenvalue weighted by atomic mass is 32.1. The second-order valence-electron chi connectivity index (χ2n) is 4.12. The maximum Gasteiger partial charge on any atom is 0.00762 e. The molecule has 2 aromatic rings. The Labute approximate surface area is 106 Å². The molecule has 1 atom stereocenters. The number of thiophene rings is 2. The molecule has 0 N–H and O–H groups in total. The Kier molecular flexibility index (Phi) is 4.61. The van der Waals surface area contributed by atoms with Crippen LogP contribution in [0.5, 0.6) is 0 Å². The van der Waals surface area contributed by atoms with Crippen molar-refractivity contribution in [3.63, 3.8) is 0 Å². The van der Waals surface area contributed by atoms with Gasteiger partial charge in [0.2, 0.25) is 0 Å². The normalized spacial score (nSPS) is 12.8. The Hall–Kier alpha value is -0.600. The quantitative estimate of drug-likeness (QED) is 0.650. The van der Waals surface area contributed by atoms with E-state index in [2.05, 4.69) is 41.9 Å². The first-order valence-corrected chi connectivity index (χ1v) is 7.72. The van der Waals surface area contributed by atoms with Crippen LogP contribution in [0.4, 0.5) is 0 Å². The third-order valence-corrected chi connectivity index (χ3v) is 4.87. The van der Waals surface area contributed by atoms with Crippen molar-refractivity contribution in [2.24, 2.45) is 0 Å². The lowest BCUT2D eigenvalue weighted by Gasteiger charge is -2.13. The van der Waals surface area contributed by atoms with Crippen molar-refractivity contribution in [1.82, 2.24) is 0 Å². The van der Waals surface area contributed by atoms with E-state index in [1.807, 2.05) is 22.7 Å². The lowest BCUT2D eigenvalue weighted by Crippen LogP contribution is -1.97. The smallest absolute Gasteiger partial charge is 0.00762 e. The zero-order valence-electron chi connectivity index (χ0n) is 9.69. The molecule has 0 aliphatic heterocycles. The molecular formula is C14H18S2. The summed E-state index contributed by atoms with van der Waals surface area (Å²) >= 11 is 3.80. The zero-order valence-corrected chi connectivity index (χ0v) is 11.3. The van der Waals surface area contributed by atoms with Gasteiger partial charge in [-0.25, -0.2) is 0 Å². The van der Waals surface area contributed by atoms with Crippen molar-refractivity contribution in [1.29, 1.82) is 0 Å². The van der Waals surface area contributed by atoms with E-state index < -0.39 is 0 Å². The molecule has 16 heavy (non-hydrogen) atoms. The Morgan fingerprint density at radius 2 is 1.88 bits per heavy atom.